The van der Waals surface area contributed by atoms with E-state index < -0.39 is 0 Å². The van der Waals surface area contributed by atoms with Crippen LogP contribution in [0.25, 0.3) is 0 Å². The van der Waals surface area contributed by atoms with E-state index in [2.05, 4.69) is 25.7 Å². The molecule has 3 rings (SSSR count). The fourth-order valence-electron chi connectivity index (χ4n) is 2.92. The van der Waals surface area contributed by atoms with Crippen molar-refractivity contribution in [2.24, 2.45) is 12.0 Å². The average Bonchev–Trinajstić information content (AvgIpc) is 3.28. The number of ether oxygens (including phenoxy) is 1. The second-order valence-electron chi connectivity index (χ2n) is 6.25. The van der Waals surface area contributed by atoms with E-state index in [1.54, 1.807) is 13.2 Å². The number of nitrogens with one attached hydrogen (secondary N) is 2. The van der Waals surface area contributed by atoms with Gasteiger partial charge in [-0.3, -0.25) is 9.67 Å². The molecule has 0 spiro atoms. The molecule has 7 heteroatoms. The molecule has 2 heterocycles. The van der Waals surface area contributed by atoms with Crippen LogP contribution in [0.2, 0.25) is 0 Å². The van der Waals surface area contributed by atoms with Crippen LogP contribution in [0, 0.1) is 0 Å². The van der Waals surface area contributed by atoms with E-state index in [4.69, 9.17) is 4.74 Å². The zero-order chi connectivity index (χ0) is 17.5. The second-order valence-corrected chi connectivity index (χ2v) is 6.25. The standard InChI is InChI=1S/C18H26N6O/c1-19-18(22-13-15-9-10-23-24(15)2)21-12-14-7-8-17(20-11-14)25-16-5-3-4-6-16/h7-11,16H,3-6,12-13H2,1-2H3,(H2,19,21,22). The minimum atomic E-state index is 0.339. The molecule has 0 atom stereocenters. The quantitative estimate of drug-likeness (QED) is 0.620. The molecule has 25 heavy (non-hydrogen) atoms. The molecular formula is C18H26N6O. The Bertz CT molecular complexity index is 688. The Balaban J connectivity index is 1.45. The summed E-state index contributed by atoms with van der Waals surface area (Å²) in [5.41, 5.74) is 2.18. The maximum atomic E-state index is 5.89. The number of hydrogen-bond donors (Lipinski definition) is 2. The second kappa shape index (κ2) is 8.50. The Morgan fingerprint density at radius 3 is 2.68 bits per heavy atom. The predicted molar refractivity (Wildman–Crippen MR) is 97.4 cm³/mol. The molecule has 1 aliphatic rings. The molecule has 1 saturated carbocycles. The van der Waals surface area contributed by atoms with Crippen LogP contribution in [0.1, 0.15) is 36.9 Å². The van der Waals surface area contributed by atoms with E-state index >= 15 is 0 Å². The van der Waals surface area contributed by atoms with Crippen LogP contribution in [-0.4, -0.2) is 33.9 Å². The van der Waals surface area contributed by atoms with Crippen molar-refractivity contribution < 1.29 is 4.74 Å². The number of hydrogen-bond acceptors (Lipinski definition) is 4. The first-order chi connectivity index (χ1) is 12.2. The number of aromatic nitrogens is 3. The van der Waals surface area contributed by atoms with Crippen LogP contribution in [-0.2, 0) is 20.1 Å². The van der Waals surface area contributed by atoms with Gasteiger partial charge in [-0.25, -0.2) is 4.98 Å². The Morgan fingerprint density at radius 2 is 2.04 bits per heavy atom. The molecule has 0 radical (unpaired) electrons. The summed E-state index contributed by atoms with van der Waals surface area (Å²) < 4.78 is 7.73. The van der Waals surface area contributed by atoms with Gasteiger partial charge in [0, 0.05) is 39.1 Å². The minimum absolute atomic E-state index is 0.339. The van der Waals surface area contributed by atoms with Gasteiger partial charge in [-0.15, -0.1) is 0 Å². The summed E-state index contributed by atoms with van der Waals surface area (Å²) in [5, 5.41) is 10.7. The molecule has 1 fully saturated rings. The lowest BCUT2D eigenvalue weighted by atomic mass is 10.3. The van der Waals surface area contributed by atoms with Gasteiger partial charge >= 0.3 is 0 Å². The summed E-state index contributed by atoms with van der Waals surface area (Å²) in [7, 11) is 3.68. The van der Waals surface area contributed by atoms with Crippen LogP contribution >= 0.6 is 0 Å². The van der Waals surface area contributed by atoms with Crippen molar-refractivity contribution in [1.29, 1.82) is 0 Å². The molecule has 0 aromatic carbocycles. The third kappa shape index (κ3) is 4.95. The van der Waals surface area contributed by atoms with E-state index in [1.165, 1.54) is 12.8 Å². The zero-order valence-corrected chi connectivity index (χ0v) is 14.9. The SMILES string of the molecule is CN=C(NCc1ccc(OC2CCCC2)nc1)NCc1ccnn1C. The Hall–Kier alpha value is -2.57. The van der Waals surface area contributed by atoms with Gasteiger partial charge in [-0.2, -0.15) is 5.10 Å². The van der Waals surface area contributed by atoms with Gasteiger partial charge in [-0.05, 0) is 37.3 Å². The van der Waals surface area contributed by atoms with Gasteiger partial charge < -0.3 is 15.4 Å². The topological polar surface area (TPSA) is 76.4 Å². The number of aliphatic imine (C=N–C) groups is 1. The summed E-state index contributed by atoms with van der Waals surface area (Å²) in [6, 6.07) is 5.97. The lowest BCUT2D eigenvalue weighted by Gasteiger charge is -2.13. The van der Waals surface area contributed by atoms with E-state index in [-0.39, 0.29) is 0 Å². The molecule has 0 bridgehead atoms. The lowest BCUT2D eigenvalue weighted by Crippen LogP contribution is -2.36. The number of guanidine groups is 1. The number of rotatable bonds is 6. The van der Waals surface area contributed by atoms with E-state index in [9.17, 15) is 0 Å². The van der Waals surface area contributed by atoms with Crippen LogP contribution in [0.3, 0.4) is 0 Å². The van der Waals surface area contributed by atoms with E-state index in [1.807, 2.05) is 36.1 Å². The first kappa shape index (κ1) is 17.3. The highest BCUT2D eigenvalue weighted by atomic mass is 16.5. The average molecular weight is 342 g/mol. The molecule has 1 aliphatic carbocycles. The highest BCUT2D eigenvalue weighted by molar-refractivity contribution is 5.79. The maximum absolute atomic E-state index is 5.89. The van der Waals surface area contributed by atoms with Crippen molar-refractivity contribution in [2.75, 3.05) is 7.05 Å². The lowest BCUT2D eigenvalue weighted by molar-refractivity contribution is 0.201. The Morgan fingerprint density at radius 1 is 1.24 bits per heavy atom. The molecule has 0 unspecified atom stereocenters. The number of nitrogens with zero attached hydrogens (tertiary/aromatic N) is 4. The van der Waals surface area contributed by atoms with Crippen molar-refractivity contribution in [3.63, 3.8) is 0 Å². The third-order valence-electron chi connectivity index (χ3n) is 4.43. The summed E-state index contributed by atoms with van der Waals surface area (Å²) in [6.45, 7) is 1.32. The van der Waals surface area contributed by atoms with E-state index in [0.717, 1.165) is 35.9 Å². The van der Waals surface area contributed by atoms with Crippen LogP contribution in [0.5, 0.6) is 5.88 Å². The van der Waals surface area contributed by atoms with Crippen molar-refractivity contribution in [3.8, 4) is 5.88 Å². The maximum Gasteiger partial charge on any atom is 0.213 e. The molecule has 0 saturated heterocycles. The summed E-state index contributed by atoms with van der Waals surface area (Å²) in [4.78, 5) is 8.65. The smallest absolute Gasteiger partial charge is 0.213 e. The van der Waals surface area contributed by atoms with Gasteiger partial charge in [0.2, 0.25) is 5.88 Å². The zero-order valence-electron chi connectivity index (χ0n) is 14.9. The molecule has 2 N–H and O–H groups in total. The molecule has 7 nitrogen and oxygen atoms in total. The molecule has 134 valence electrons. The van der Waals surface area contributed by atoms with Crippen molar-refractivity contribution in [3.05, 3.63) is 41.9 Å². The van der Waals surface area contributed by atoms with Gasteiger partial charge in [0.25, 0.3) is 0 Å². The first-order valence-corrected chi connectivity index (χ1v) is 8.77. The van der Waals surface area contributed by atoms with Crippen molar-refractivity contribution in [2.45, 2.75) is 44.9 Å². The molecule has 2 aromatic rings. The summed E-state index contributed by atoms with van der Waals surface area (Å²) in [5.74, 6) is 1.46. The van der Waals surface area contributed by atoms with Gasteiger partial charge in [0.1, 0.15) is 6.10 Å². The predicted octanol–water partition coefficient (Wildman–Crippen LogP) is 2.00. The number of aryl methyl sites for hydroxylation is 1. The normalized spacial score (nSPS) is 15.4. The van der Waals surface area contributed by atoms with Crippen LogP contribution in [0.15, 0.2) is 35.6 Å². The van der Waals surface area contributed by atoms with Gasteiger partial charge in [-0.1, -0.05) is 6.07 Å². The highest BCUT2D eigenvalue weighted by Gasteiger charge is 2.16. The molecule has 0 aliphatic heterocycles. The van der Waals surface area contributed by atoms with Gasteiger partial charge in [0.15, 0.2) is 5.96 Å². The van der Waals surface area contributed by atoms with E-state index in [0.29, 0.717) is 19.2 Å². The number of pyridine rings is 1. The minimum Gasteiger partial charge on any atom is -0.474 e. The van der Waals surface area contributed by atoms with Crippen LogP contribution < -0.4 is 15.4 Å². The molecule has 0 amide bonds. The van der Waals surface area contributed by atoms with Crippen molar-refractivity contribution >= 4 is 5.96 Å². The van der Waals surface area contributed by atoms with Crippen molar-refractivity contribution in [1.82, 2.24) is 25.4 Å². The third-order valence-corrected chi connectivity index (χ3v) is 4.43. The monoisotopic (exact) mass is 342 g/mol. The first-order valence-electron chi connectivity index (χ1n) is 8.77. The van der Waals surface area contributed by atoms with Gasteiger partial charge in [0.05, 0.1) is 12.2 Å². The fourth-order valence-corrected chi connectivity index (χ4v) is 2.92. The summed E-state index contributed by atoms with van der Waals surface area (Å²) in [6.07, 6.45) is 8.79. The summed E-state index contributed by atoms with van der Waals surface area (Å²) >= 11 is 0. The molecular weight excluding hydrogens is 316 g/mol. The Labute approximate surface area is 148 Å². The van der Waals surface area contributed by atoms with Crippen LogP contribution in [0.4, 0.5) is 0 Å². The fraction of sp³-hybridized carbons (Fsp3) is 0.500. The highest BCUT2D eigenvalue weighted by Crippen LogP contribution is 2.22. The molecule has 2 aromatic heterocycles. The Kier molecular flexibility index (Phi) is 5.87. The largest absolute Gasteiger partial charge is 0.474 e.